The maximum atomic E-state index is 9.80. The van der Waals surface area contributed by atoms with Crippen LogP contribution in [0.3, 0.4) is 0 Å². The molecule has 74 valence electrons. The van der Waals surface area contributed by atoms with Gasteiger partial charge in [-0.3, -0.25) is 0 Å². The average Bonchev–Trinajstić information content (AvgIpc) is 2.18. The van der Waals surface area contributed by atoms with Gasteiger partial charge in [-0.15, -0.1) is 12.3 Å². The molecule has 0 saturated heterocycles. The van der Waals surface area contributed by atoms with Crippen LogP contribution in [0.5, 0.6) is 0 Å². The van der Waals surface area contributed by atoms with E-state index in [2.05, 4.69) is 5.92 Å². The van der Waals surface area contributed by atoms with E-state index in [0.717, 1.165) is 11.1 Å². The summed E-state index contributed by atoms with van der Waals surface area (Å²) in [5.41, 5.74) is 1.80. The van der Waals surface area contributed by atoms with E-state index in [1.54, 1.807) is 0 Å². The number of halogens is 1. The average molecular weight is 209 g/mol. The summed E-state index contributed by atoms with van der Waals surface area (Å²) in [5.74, 6) is 2.51. The van der Waals surface area contributed by atoms with Gasteiger partial charge in [-0.2, -0.15) is 0 Å². The van der Waals surface area contributed by atoms with Crippen LogP contribution in [0.1, 0.15) is 30.1 Å². The Morgan fingerprint density at radius 2 is 2.29 bits per heavy atom. The van der Waals surface area contributed by atoms with Crippen molar-refractivity contribution in [3.05, 3.63) is 34.3 Å². The van der Waals surface area contributed by atoms with E-state index >= 15 is 0 Å². The molecule has 0 saturated carbocycles. The maximum absolute atomic E-state index is 9.80. The van der Waals surface area contributed by atoms with Gasteiger partial charge in [0.1, 0.15) is 0 Å². The molecule has 2 heteroatoms. The van der Waals surface area contributed by atoms with Crippen molar-refractivity contribution in [3.63, 3.8) is 0 Å². The van der Waals surface area contributed by atoms with Crippen molar-refractivity contribution in [2.45, 2.75) is 25.9 Å². The Morgan fingerprint density at radius 1 is 1.57 bits per heavy atom. The quantitative estimate of drug-likeness (QED) is 0.757. The number of hydrogen-bond donors (Lipinski definition) is 1. The molecule has 0 fully saturated rings. The van der Waals surface area contributed by atoms with Crippen LogP contribution in [0.2, 0.25) is 5.02 Å². The number of hydrogen-bond acceptors (Lipinski definition) is 1. The van der Waals surface area contributed by atoms with Crippen molar-refractivity contribution in [3.8, 4) is 12.3 Å². The fourth-order valence-electron chi connectivity index (χ4n) is 1.36. The second kappa shape index (κ2) is 5.05. The Morgan fingerprint density at radius 3 is 2.93 bits per heavy atom. The van der Waals surface area contributed by atoms with E-state index in [1.807, 2.05) is 25.1 Å². The molecule has 0 spiro atoms. The first-order valence-corrected chi connectivity index (χ1v) is 4.91. The fourth-order valence-corrected chi connectivity index (χ4v) is 1.54. The van der Waals surface area contributed by atoms with E-state index in [1.165, 1.54) is 0 Å². The highest BCUT2D eigenvalue weighted by atomic mass is 35.5. The maximum Gasteiger partial charge on any atom is 0.0802 e. The summed E-state index contributed by atoms with van der Waals surface area (Å²) in [6, 6.07) is 5.53. The van der Waals surface area contributed by atoms with Gasteiger partial charge < -0.3 is 5.11 Å². The summed E-state index contributed by atoms with van der Waals surface area (Å²) in [4.78, 5) is 0. The molecule has 1 aromatic rings. The fraction of sp³-hybridized carbons (Fsp3) is 0.333. The Labute approximate surface area is 89.7 Å². The van der Waals surface area contributed by atoms with Gasteiger partial charge in [-0.25, -0.2) is 0 Å². The molecule has 1 nitrogen and oxygen atoms in total. The molecule has 0 aliphatic rings. The van der Waals surface area contributed by atoms with Gasteiger partial charge in [0, 0.05) is 11.4 Å². The van der Waals surface area contributed by atoms with Crippen molar-refractivity contribution in [2.75, 3.05) is 0 Å². The van der Waals surface area contributed by atoms with Crippen molar-refractivity contribution in [1.29, 1.82) is 0 Å². The van der Waals surface area contributed by atoms with Crippen LogP contribution in [0, 0.1) is 19.3 Å². The predicted octanol–water partition coefficient (Wildman–Crippen LogP) is 3.10. The first-order chi connectivity index (χ1) is 6.66. The number of aliphatic hydroxyl groups excluding tert-OH is 1. The molecule has 1 N–H and O–H groups in total. The SMILES string of the molecule is C#CCCC(O)c1cccc(Cl)c1C. The number of terminal acetylenes is 1. The molecule has 1 atom stereocenters. The molecule has 14 heavy (non-hydrogen) atoms. The molecule has 0 bridgehead atoms. The highest BCUT2D eigenvalue weighted by Gasteiger charge is 2.10. The first kappa shape index (κ1) is 11.1. The zero-order valence-electron chi connectivity index (χ0n) is 8.13. The normalized spacial score (nSPS) is 12.1. The van der Waals surface area contributed by atoms with Crippen LogP contribution < -0.4 is 0 Å². The lowest BCUT2D eigenvalue weighted by Crippen LogP contribution is -1.99. The molecular formula is C12H13ClO. The number of aliphatic hydroxyl groups is 1. The van der Waals surface area contributed by atoms with E-state index in [4.69, 9.17) is 18.0 Å². The van der Waals surface area contributed by atoms with Gasteiger partial charge in [0.15, 0.2) is 0 Å². The van der Waals surface area contributed by atoms with Gasteiger partial charge in [-0.1, -0.05) is 23.7 Å². The Balaban J connectivity index is 2.85. The lowest BCUT2D eigenvalue weighted by atomic mass is 10.0. The third-order valence-electron chi connectivity index (χ3n) is 2.23. The molecule has 0 aliphatic heterocycles. The van der Waals surface area contributed by atoms with Gasteiger partial charge in [0.2, 0.25) is 0 Å². The van der Waals surface area contributed by atoms with E-state index in [9.17, 15) is 5.11 Å². The molecule has 0 amide bonds. The van der Waals surface area contributed by atoms with Gasteiger partial charge in [0.25, 0.3) is 0 Å². The minimum absolute atomic E-state index is 0.509. The van der Waals surface area contributed by atoms with Gasteiger partial charge in [0.05, 0.1) is 6.10 Å². The molecule has 0 aliphatic carbocycles. The topological polar surface area (TPSA) is 20.2 Å². The van der Waals surface area contributed by atoms with Crippen LogP contribution in [0.4, 0.5) is 0 Å². The molecule has 0 aromatic heterocycles. The van der Waals surface area contributed by atoms with Crippen molar-refractivity contribution in [2.24, 2.45) is 0 Å². The van der Waals surface area contributed by atoms with E-state index in [0.29, 0.717) is 17.9 Å². The van der Waals surface area contributed by atoms with Crippen LogP contribution in [0.25, 0.3) is 0 Å². The Kier molecular flexibility index (Phi) is 4.00. The molecule has 0 radical (unpaired) electrons. The third-order valence-corrected chi connectivity index (χ3v) is 2.64. The summed E-state index contributed by atoms with van der Waals surface area (Å²) >= 11 is 5.94. The summed E-state index contributed by atoms with van der Waals surface area (Å²) in [6.45, 7) is 1.90. The smallest absolute Gasteiger partial charge is 0.0802 e. The lowest BCUT2D eigenvalue weighted by molar-refractivity contribution is 0.169. The van der Waals surface area contributed by atoms with Gasteiger partial charge in [-0.05, 0) is 30.5 Å². The van der Waals surface area contributed by atoms with Crippen LogP contribution in [0.15, 0.2) is 18.2 Å². The van der Waals surface area contributed by atoms with E-state index in [-0.39, 0.29) is 0 Å². The highest BCUT2D eigenvalue weighted by Crippen LogP contribution is 2.26. The second-order valence-corrected chi connectivity index (χ2v) is 3.62. The molecular weight excluding hydrogens is 196 g/mol. The number of benzene rings is 1. The van der Waals surface area contributed by atoms with Crippen molar-refractivity contribution >= 4 is 11.6 Å². The minimum Gasteiger partial charge on any atom is -0.388 e. The standard InChI is InChI=1S/C12H13ClO/c1-3-4-8-12(14)10-6-5-7-11(13)9(10)2/h1,5-7,12,14H,4,8H2,2H3. The largest absolute Gasteiger partial charge is 0.388 e. The summed E-state index contributed by atoms with van der Waals surface area (Å²) < 4.78 is 0. The zero-order valence-corrected chi connectivity index (χ0v) is 8.88. The monoisotopic (exact) mass is 208 g/mol. The van der Waals surface area contributed by atoms with Crippen LogP contribution in [-0.2, 0) is 0 Å². The van der Waals surface area contributed by atoms with Crippen LogP contribution >= 0.6 is 11.6 Å². The lowest BCUT2D eigenvalue weighted by Gasteiger charge is -2.13. The Hall–Kier alpha value is -0.970. The summed E-state index contributed by atoms with van der Waals surface area (Å²) in [7, 11) is 0. The molecule has 1 aromatic carbocycles. The first-order valence-electron chi connectivity index (χ1n) is 4.53. The second-order valence-electron chi connectivity index (χ2n) is 3.21. The van der Waals surface area contributed by atoms with E-state index < -0.39 is 6.10 Å². The highest BCUT2D eigenvalue weighted by molar-refractivity contribution is 6.31. The predicted molar refractivity (Wildman–Crippen MR) is 59.2 cm³/mol. The third kappa shape index (κ3) is 2.51. The van der Waals surface area contributed by atoms with Crippen molar-refractivity contribution < 1.29 is 5.11 Å². The molecule has 1 unspecified atom stereocenters. The minimum atomic E-state index is -0.509. The number of rotatable bonds is 3. The zero-order chi connectivity index (χ0) is 10.6. The molecule has 1 rings (SSSR count). The summed E-state index contributed by atoms with van der Waals surface area (Å²) in [5, 5.41) is 10.5. The molecule has 0 heterocycles. The van der Waals surface area contributed by atoms with Gasteiger partial charge >= 0.3 is 0 Å². The van der Waals surface area contributed by atoms with Crippen LogP contribution in [-0.4, -0.2) is 5.11 Å². The van der Waals surface area contributed by atoms with Crippen molar-refractivity contribution in [1.82, 2.24) is 0 Å². The Bertz CT molecular complexity index is 352. The summed E-state index contributed by atoms with van der Waals surface area (Å²) in [6.07, 6.45) is 5.78.